The maximum atomic E-state index is 13.8. The quantitative estimate of drug-likeness (QED) is 0.417. The van der Waals surface area contributed by atoms with Gasteiger partial charge >= 0.3 is 6.09 Å². The van der Waals surface area contributed by atoms with Crippen LogP contribution < -0.4 is 5.32 Å². The molecule has 1 saturated carbocycles. The van der Waals surface area contributed by atoms with Crippen LogP contribution in [0.3, 0.4) is 0 Å². The molecule has 6 atom stereocenters. The van der Waals surface area contributed by atoms with Crippen LogP contribution in [0.25, 0.3) is 0 Å². The molecule has 224 valence electrons. The first-order chi connectivity index (χ1) is 19.6. The predicted molar refractivity (Wildman–Crippen MR) is 153 cm³/mol. The Kier molecular flexibility index (Phi) is 8.42. The van der Waals surface area contributed by atoms with Crippen LogP contribution in [0.5, 0.6) is 0 Å². The molecule has 0 spiro atoms. The Morgan fingerprint density at radius 1 is 0.976 bits per heavy atom. The van der Waals surface area contributed by atoms with Gasteiger partial charge in [-0.3, -0.25) is 9.59 Å². The van der Waals surface area contributed by atoms with Gasteiger partial charge in [-0.15, -0.1) is 0 Å². The normalized spacial score (nSPS) is 25.3. The summed E-state index contributed by atoms with van der Waals surface area (Å²) in [6.45, 7) is 10.8. The Balaban J connectivity index is 1.29. The number of ether oxygens (including phenoxy) is 1. The van der Waals surface area contributed by atoms with Crippen LogP contribution in [0.4, 0.5) is 4.79 Å². The summed E-state index contributed by atoms with van der Waals surface area (Å²) in [5.74, 6) is 2.28. The van der Waals surface area contributed by atoms with Crippen molar-refractivity contribution in [1.29, 1.82) is 0 Å². The van der Waals surface area contributed by atoms with Crippen LogP contribution in [0.1, 0.15) is 102 Å². The first kappa shape index (κ1) is 29.1. The summed E-state index contributed by atoms with van der Waals surface area (Å²) in [5, 5.41) is 2.74. The van der Waals surface area contributed by atoms with E-state index in [0.29, 0.717) is 18.3 Å². The van der Waals surface area contributed by atoms with Crippen molar-refractivity contribution < 1.29 is 19.1 Å². The molecule has 3 amide bonds. The second-order valence-electron chi connectivity index (χ2n) is 12.8. The Hall–Kier alpha value is -3.37. The second kappa shape index (κ2) is 11.9. The summed E-state index contributed by atoms with van der Waals surface area (Å²) in [4.78, 5) is 59.1. The SMILES string of the molecule is COC(=O)N[C@H](C(=O)N1[C@H]2CC[C@H](C2)[C@H]1c1ncc(Cc2cnc([C@@H]3CCCN3C(=O)[C@@H](C)C(C)C)[nH]2)[nH]1)C(C)C. The van der Waals surface area contributed by atoms with Crippen molar-refractivity contribution in [3.05, 3.63) is 35.4 Å². The van der Waals surface area contributed by atoms with E-state index in [1.807, 2.05) is 43.0 Å². The van der Waals surface area contributed by atoms with E-state index in [9.17, 15) is 14.4 Å². The van der Waals surface area contributed by atoms with Crippen LogP contribution in [-0.4, -0.2) is 73.4 Å². The fourth-order valence-electron chi connectivity index (χ4n) is 6.84. The molecule has 0 unspecified atom stereocenters. The number of methoxy groups -OCH3 is 1. The highest BCUT2D eigenvalue weighted by molar-refractivity contribution is 5.87. The lowest BCUT2D eigenvalue weighted by Gasteiger charge is -2.37. The number of rotatable bonds is 9. The number of likely N-dealkylation sites (tertiary alicyclic amines) is 2. The third kappa shape index (κ3) is 5.72. The van der Waals surface area contributed by atoms with Gasteiger partial charge in [0, 0.05) is 48.7 Å². The minimum absolute atomic E-state index is 0.0159. The molecule has 1 aliphatic carbocycles. The van der Waals surface area contributed by atoms with Gasteiger partial charge in [-0.2, -0.15) is 0 Å². The maximum absolute atomic E-state index is 13.8. The smallest absolute Gasteiger partial charge is 0.407 e. The van der Waals surface area contributed by atoms with Gasteiger partial charge in [0.15, 0.2) is 0 Å². The van der Waals surface area contributed by atoms with Crippen molar-refractivity contribution in [2.45, 2.75) is 97.3 Å². The van der Waals surface area contributed by atoms with E-state index in [1.54, 1.807) is 0 Å². The molecule has 3 aliphatic rings. The minimum Gasteiger partial charge on any atom is -0.453 e. The van der Waals surface area contributed by atoms with Crippen LogP contribution in [0.2, 0.25) is 0 Å². The molecule has 41 heavy (non-hydrogen) atoms. The van der Waals surface area contributed by atoms with Crippen molar-refractivity contribution in [2.75, 3.05) is 13.7 Å². The Labute approximate surface area is 242 Å². The van der Waals surface area contributed by atoms with Gasteiger partial charge < -0.3 is 29.8 Å². The summed E-state index contributed by atoms with van der Waals surface area (Å²) in [6, 6.07) is -0.671. The van der Waals surface area contributed by atoms with E-state index >= 15 is 0 Å². The van der Waals surface area contributed by atoms with Gasteiger partial charge in [-0.25, -0.2) is 14.8 Å². The zero-order valence-corrected chi connectivity index (χ0v) is 25.1. The molecule has 3 fully saturated rings. The molecule has 2 saturated heterocycles. The Morgan fingerprint density at radius 3 is 2.32 bits per heavy atom. The standard InChI is InChI=1S/C30H45N7O4/c1-16(2)18(5)28(38)36-11-7-8-23(36)26-31-14-20(33-26)13-21-15-32-27(34-21)25-19-9-10-22(12-19)37(25)29(39)24(17(3)4)35-30(40)41-6/h14-19,22-25H,7-13H2,1-6H3,(H,31,33)(H,32,34)(H,35,40)/t18-,19+,22-,23-,24-,25-/m0/s1. The fourth-order valence-corrected chi connectivity index (χ4v) is 6.84. The van der Waals surface area contributed by atoms with Gasteiger partial charge in [0.05, 0.1) is 19.2 Å². The van der Waals surface area contributed by atoms with Gasteiger partial charge in [0.25, 0.3) is 0 Å². The molecular weight excluding hydrogens is 522 g/mol. The van der Waals surface area contributed by atoms with E-state index < -0.39 is 12.1 Å². The lowest BCUT2D eigenvalue weighted by molar-refractivity contribution is -0.139. The summed E-state index contributed by atoms with van der Waals surface area (Å²) >= 11 is 0. The largest absolute Gasteiger partial charge is 0.453 e. The highest BCUT2D eigenvalue weighted by Gasteiger charge is 2.51. The number of imidazole rings is 2. The Bertz CT molecular complexity index is 1250. The summed E-state index contributed by atoms with van der Waals surface area (Å²) < 4.78 is 4.78. The number of fused-ring (bicyclic) bond motifs is 2. The first-order valence-electron chi connectivity index (χ1n) is 15.1. The van der Waals surface area contributed by atoms with Crippen molar-refractivity contribution in [3.8, 4) is 0 Å². The number of aromatic nitrogens is 4. The number of nitrogens with zero attached hydrogens (tertiary/aromatic N) is 4. The van der Waals surface area contributed by atoms with Crippen LogP contribution in [0.15, 0.2) is 12.4 Å². The molecule has 0 aromatic carbocycles. The highest BCUT2D eigenvalue weighted by atomic mass is 16.5. The topological polar surface area (TPSA) is 136 Å². The molecule has 3 N–H and O–H groups in total. The monoisotopic (exact) mass is 567 g/mol. The molecule has 2 aromatic heterocycles. The lowest BCUT2D eigenvalue weighted by atomic mass is 9.95. The lowest BCUT2D eigenvalue weighted by Crippen LogP contribution is -2.54. The third-order valence-corrected chi connectivity index (χ3v) is 9.43. The summed E-state index contributed by atoms with van der Waals surface area (Å²) in [5.41, 5.74) is 1.89. The number of amides is 3. The third-order valence-electron chi connectivity index (χ3n) is 9.43. The number of carbonyl (C=O) groups is 3. The number of hydrogen-bond acceptors (Lipinski definition) is 6. The van der Waals surface area contributed by atoms with E-state index in [2.05, 4.69) is 34.1 Å². The van der Waals surface area contributed by atoms with E-state index in [-0.39, 0.29) is 41.8 Å². The van der Waals surface area contributed by atoms with Gasteiger partial charge in [0.2, 0.25) is 11.8 Å². The minimum atomic E-state index is -0.660. The van der Waals surface area contributed by atoms with E-state index in [4.69, 9.17) is 9.72 Å². The molecule has 5 rings (SSSR count). The van der Waals surface area contributed by atoms with Gasteiger partial charge in [0.1, 0.15) is 17.7 Å². The summed E-state index contributed by atoms with van der Waals surface area (Å²) in [6.07, 6.45) is 8.55. The highest BCUT2D eigenvalue weighted by Crippen LogP contribution is 2.50. The zero-order valence-electron chi connectivity index (χ0n) is 25.1. The first-order valence-corrected chi connectivity index (χ1v) is 15.1. The molecule has 0 radical (unpaired) electrons. The molecular formula is C30H45N7O4. The van der Waals surface area contributed by atoms with Crippen LogP contribution in [-0.2, 0) is 20.7 Å². The summed E-state index contributed by atoms with van der Waals surface area (Å²) in [7, 11) is 1.31. The molecule has 2 aromatic rings. The van der Waals surface area contributed by atoms with E-state index in [0.717, 1.165) is 61.7 Å². The number of hydrogen-bond donors (Lipinski definition) is 3. The second-order valence-corrected chi connectivity index (χ2v) is 12.8. The van der Waals surface area contributed by atoms with E-state index in [1.165, 1.54) is 7.11 Å². The molecule has 2 aliphatic heterocycles. The van der Waals surface area contributed by atoms with Gasteiger partial charge in [-0.1, -0.05) is 34.6 Å². The van der Waals surface area contributed by atoms with Crippen molar-refractivity contribution in [3.63, 3.8) is 0 Å². The number of nitrogens with one attached hydrogen (secondary N) is 3. The molecule has 11 heteroatoms. The number of alkyl carbamates (subject to hydrolysis) is 1. The average molecular weight is 568 g/mol. The van der Waals surface area contributed by atoms with Crippen LogP contribution >= 0.6 is 0 Å². The number of piperidine rings is 1. The fraction of sp³-hybridized carbons (Fsp3) is 0.700. The average Bonchev–Trinajstić information content (AvgIpc) is 3.78. The zero-order chi connectivity index (χ0) is 29.4. The van der Waals surface area contributed by atoms with Crippen LogP contribution in [0, 0.1) is 23.7 Å². The van der Waals surface area contributed by atoms with Crippen molar-refractivity contribution in [2.24, 2.45) is 23.7 Å². The van der Waals surface area contributed by atoms with Crippen molar-refractivity contribution in [1.82, 2.24) is 35.1 Å². The van der Waals surface area contributed by atoms with Gasteiger partial charge in [-0.05, 0) is 49.9 Å². The number of H-pyrrole nitrogens is 2. The molecule has 11 nitrogen and oxygen atoms in total. The maximum Gasteiger partial charge on any atom is 0.407 e. The predicted octanol–water partition coefficient (Wildman–Crippen LogP) is 4.11. The molecule has 4 heterocycles. The number of carbonyl (C=O) groups excluding carboxylic acids is 3. The molecule has 2 bridgehead atoms. The Morgan fingerprint density at radius 2 is 1.66 bits per heavy atom. The number of aromatic amines is 2. The van der Waals surface area contributed by atoms with Crippen molar-refractivity contribution >= 4 is 17.9 Å².